The van der Waals surface area contributed by atoms with Crippen molar-refractivity contribution >= 4 is 34.9 Å². The van der Waals surface area contributed by atoms with Gasteiger partial charge in [0, 0.05) is 47.3 Å². The summed E-state index contributed by atoms with van der Waals surface area (Å²) in [5.41, 5.74) is 0. The molecule has 0 heterocycles. The molecule has 0 aromatic rings. The smallest absolute Gasteiger partial charge is 0 e. The van der Waals surface area contributed by atoms with Crippen LogP contribution in [0, 0.1) is 0 Å². The molecule has 0 fully saturated rings. The third-order valence-electron chi connectivity index (χ3n) is 0. The maximum absolute atomic E-state index is 0. The molecule has 0 unspecified atom stereocenters. The summed E-state index contributed by atoms with van der Waals surface area (Å²) in [6, 6.07) is 0. The SMILES string of the molecule is [SiH4].[SnH2].[W].[Zr]. The van der Waals surface area contributed by atoms with E-state index < -0.39 is 0 Å². The summed E-state index contributed by atoms with van der Waals surface area (Å²) in [7, 11) is 0. The van der Waals surface area contributed by atoms with Gasteiger partial charge in [-0.25, -0.2) is 0 Å². The van der Waals surface area contributed by atoms with Crippen LogP contribution in [-0.2, 0) is 47.3 Å². The van der Waals surface area contributed by atoms with Gasteiger partial charge in [-0.15, -0.1) is 0 Å². The molecule has 2 radical (unpaired) electrons. The molecule has 4 heavy (non-hydrogen) atoms. The Morgan fingerprint density at radius 2 is 1.00 bits per heavy atom. The van der Waals surface area contributed by atoms with Gasteiger partial charge in [-0.05, 0) is 11.0 Å². The Morgan fingerprint density at radius 1 is 1.00 bits per heavy atom. The van der Waals surface area contributed by atoms with Crippen LogP contribution in [0.15, 0.2) is 0 Å². The molecule has 0 saturated carbocycles. The molecule has 24 valence electrons. The second kappa shape index (κ2) is 17.6. The summed E-state index contributed by atoms with van der Waals surface area (Å²) in [4.78, 5) is 0. The van der Waals surface area contributed by atoms with E-state index in [4.69, 9.17) is 0 Å². The van der Waals surface area contributed by atoms with Crippen molar-refractivity contribution in [3.8, 4) is 0 Å². The van der Waals surface area contributed by atoms with E-state index in [0.717, 1.165) is 0 Å². The van der Waals surface area contributed by atoms with Crippen molar-refractivity contribution < 1.29 is 47.3 Å². The van der Waals surface area contributed by atoms with Crippen molar-refractivity contribution in [2.75, 3.05) is 0 Å². The molecule has 0 saturated heterocycles. The maximum Gasteiger partial charge on any atom is 0 e. The Hall–Kier alpha value is 2.59. The molecular weight excluding hydrogens is 422 g/mol. The van der Waals surface area contributed by atoms with Gasteiger partial charge in [0.05, 0.1) is 0 Å². The van der Waals surface area contributed by atoms with E-state index in [9.17, 15) is 0 Å². The van der Waals surface area contributed by atoms with Crippen LogP contribution in [0.2, 0.25) is 0 Å². The van der Waals surface area contributed by atoms with Crippen LogP contribution in [0.1, 0.15) is 0 Å². The van der Waals surface area contributed by atoms with Gasteiger partial charge in [0.1, 0.15) is 0 Å². The van der Waals surface area contributed by atoms with Crippen LogP contribution in [0.3, 0.4) is 0 Å². The Bertz CT molecular complexity index is 8.00. The zero-order valence-corrected chi connectivity index (χ0v) is 11.0. The van der Waals surface area contributed by atoms with Gasteiger partial charge in [0.2, 0.25) is 0 Å². The van der Waals surface area contributed by atoms with Crippen LogP contribution in [-0.4, -0.2) is 34.9 Å². The molecule has 4 heteroatoms. The normalized spacial score (nSPS) is 0. The zero-order chi connectivity index (χ0) is 0. The summed E-state index contributed by atoms with van der Waals surface area (Å²) < 4.78 is 0. The Labute approximate surface area is 80.9 Å². The Morgan fingerprint density at radius 3 is 1.00 bits per heavy atom. The van der Waals surface area contributed by atoms with Crippen LogP contribution in [0.5, 0.6) is 0 Å². The molecule has 0 aliphatic carbocycles. The van der Waals surface area contributed by atoms with Crippen LogP contribution < -0.4 is 0 Å². The predicted molar refractivity (Wildman–Crippen MR) is 19.9 cm³/mol. The minimum atomic E-state index is 0. The average Bonchev–Trinajstić information content (AvgIpc) is 0. The third-order valence-corrected chi connectivity index (χ3v) is 0. The fourth-order valence-corrected chi connectivity index (χ4v) is 0. The second-order valence-electron chi connectivity index (χ2n) is 0. The molecule has 0 aromatic carbocycles. The van der Waals surface area contributed by atoms with E-state index in [0.29, 0.717) is 0 Å². The molecule has 0 bridgehead atoms. The molecule has 0 nitrogen and oxygen atoms in total. The minimum Gasteiger partial charge on any atom is 0 e. The summed E-state index contributed by atoms with van der Waals surface area (Å²) in [6.45, 7) is 0. The molecule has 0 aliphatic rings. The van der Waals surface area contributed by atoms with Crippen molar-refractivity contribution in [3.05, 3.63) is 0 Å². The molecule has 0 rings (SSSR count). The van der Waals surface area contributed by atoms with Crippen molar-refractivity contribution in [3.63, 3.8) is 0 Å². The topological polar surface area (TPSA) is 0 Å². The fourth-order valence-electron chi connectivity index (χ4n) is 0. The second-order valence-corrected chi connectivity index (χ2v) is 0. The van der Waals surface area contributed by atoms with Crippen LogP contribution >= 0.6 is 0 Å². The first-order chi connectivity index (χ1) is 0. The van der Waals surface area contributed by atoms with E-state index >= 15 is 0 Å². The Balaban J connectivity index is 0. The van der Waals surface area contributed by atoms with Crippen LogP contribution in [0.4, 0.5) is 0 Å². The van der Waals surface area contributed by atoms with Gasteiger partial charge in [0.15, 0.2) is 0 Å². The van der Waals surface area contributed by atoms with Gasteiger partial charge in [-0.2, -0.15) is 0 Å². The van der Waals surface area contributed by atoms with Crippen molar-refractivity contribution in [2.45, 2.75) is 0 Å². The number of rotatable bonds is 0. The van der Waals surface area contributed by atoms with Crippen molar-refractivity contribution in [1.82, 2.24) is 0 Å². The molecule has 0 aromatic heterocycles. The molecule has 0 spiro atoms. The van der Waals surface area contributed by atoms with E-state index in [1.807, 2.05) is 0 Å². The van der Waals surface area contributed by atoms with E-state index in [1.54, 1.807) is 0 Å². The van der Waals surface area contributed by atoms with Gasteiger partial charge in [-0.3, -0.25) is 0 Å². The van der Waals surface area contributed by atoms with Gasteiger partial charge < -0.3 is 0 Å². The molecular formula is H6SiSnWZr. The first-order valence-corrected chi connectivity index (χ1v) is 0. The monoisotopic (exact) mass is 428 g/mol. The first kappa shape index (κ1) is 30.7. The average molecular weight is 428 g/mol. The largest absolute Gasteiger partial charge is 0 e. The standard InChI is InChI=1S/H4Si.Sn.W.Zr.2H/h1H4;;;;;. The molecule has 0 atom stereocenters. The summed E-state index contributed by atoms with van der Waals surface area (Å²) >= 11 is 0. The maximum atomic E-state index is 0. The van der Waals surface area contributed by atoms with Gasteiger partial charge >= 0.3 is 23.9 Å². The van der Waals surface area contributed by atoms with Crippen molar-refractivity contribution in [2.24, 2.45) is 0 Å². The quantitative estimate of drug-likeness (QED) is 0.379. The van der Waals surface area contributed by atoms with E-state index in [1.165, 1.54) is 0 Å². The van der Waals surface area contributed by atoms with Gasteiger partial charge in [0.25, 0.3) is 0 Å². The van der Waals surface area contributed by atoms with E-state index in [-0.39, 0.29) is 82.1 Å². The van der Waals surface area contributed by atoms with Gasteiger partial charge in [-0.1, -0.05) is 0 Å². The Kier molecular flexibility index (Phi) is 135. The van der Waals surface area contributed by atoms with E-state index in [2.05, 4.69) is 0 Å². The van der Waals surface area contributed by atoms with Crippen molar-refractivity contribution in [1.29, 1.82) is 0 Å². The minimum absolute atomic E-state index is 0. The zero-order valence-electron chi connectivity index (χ0n) is 1.62. The molecule has 0 aliphatic heterocycles. The number of hydrogen-bond donors (Lipinski definition) is 0. The third kappa shape index (κ3) is 8.82. The first-order valence-electron chi connectivity index (χ1n) is 0. The number of hydrogen-bond acceptors (Lipinski definition) is 0. The molecule has 0 amide bonds. The summed E-state index contributed by atoms with van der Waals surface area (Å²) in [6.07, 6.45) is 0. The summed E-state index contributed by atoms with van der Waals surface area (Å²) in [5.74, 6) is 0. The molecule has 0 N–H and O–H groups in total. The fraction of sp³-hybridized carbons (Fsp3) is 0. The van der Waals surface area contributed by atoms with Crippen LogP contribution in [0.25, 0.3) is 0 Å². The summed E-state index contributed by atoms with van der Waals surface area (Å²) in [5, 5.41) is 0. The predicted octanol–water partition coefficient (Wildman–Crippen LogP) is -2.37.